The quantitative estimate of drug-likeness (QED) is 0.310. The minimum absolute atomic E-state index is 0. The van der Waals surface area contributed by atoms with Crippen LogP contribution in [0.2, 0.25) is 0 Å². The van der Waals surface area contributed by atoms with Crippen LogP contribution < -0.4 is 0 Å². The Balaban J connectivity index is -0.0000000450. The van der Waals surface area contributed by atoms with Gasteiger partial charge in [-0.15, -0.1) is 10.1 Å². The molecule has 0 spiro atoms. The molecule has 0 saturated carbocycles. The van der Waals surface area contributed by atoms with E-state index < -0.39 is 5.09 Å². The molecule has 0 radical (unpaired) electrons. The first-order valence-corrected chi connectivity index (χ1v) is 0.565. The maximum atomic E-state index is 8.36. The molecule has 0 heterocycles. The Bertz CT molecular complexity index is 31.8. The molecule has 0 aromatic carbocycles. The minimum atomic E-state index is -1.50. The van der Waals surface area contributed by atoms with Gasteiger partial charge in [-0.25, -0.2) is 0 Å². The second-order valence-corrected chi connectivity index (χ2v) is 0.238. The van der Waals surface area contributed by atoms with Gasteiger partial charge in [0.25, 0.3) is 5.09 Å². The van der Waals surface area contributed by atoms with E-state index in [4.69, 9.17) is 15.3 Å². The van der Waals surface area contributed by atoms with Crippen LogP contribution in [0.3, 0.4) is 0 Å². The Labute approximate surface area is 115 Å². The zero-order valence-corrected chi connectivity index (χ0v) is 1.71. The zero-order valence-electron chi connectivity index (χ0n) is 1.71. The van der Waals surface area contributed by atoms with Crippen molar-refractivity contribution in [3.05, 3.63) is 10.1 Å². The van der Waals surface area contributed by atoms with E-state index in [1.165, 1.54) is 0 Å². The van der Waals surface area contributed by atoms with Gasteiger partial charge < -0.3 is 5.21 Å². The Morgan fingerprint density at radius 1 is 1.50 bits per heavy atom. The van der Waals surface area contributed by atoms with Crippen LogP contribution in [0.15, 0.2) is 0 Å². The molecule has 6 heteroatoms. The van der Waals surface area contributed by atoms with Gasteiger partial charge in [0, 0.05) is 0 Å². The molecule has 0 amide bonds. The first-order chi connectivity index (χ1) is 1.73. The van der Waals surface area contributed by atoms with Gasteiger partial charge in [-0.2, -0.15) is 0 Å². The SMILES string of the molecule is O=[N+]([O-])O.[BaH2].[BaH2]. The van der Waals surface area contributed by atoms with E-state index in [1.54, 1.807) is 0 Å². The molecule has 4 nitrogen and oxygen atoms in total. The maximum absolute atomic E-state index is 8.36. The Morgan fingerprint density at radius 3 is 1.50 bits per heavy atom. The van der Waals surface area contributed by atoms with Gasteiger partial charge in [0.2, 0.25) is 0 Å². The molecule has 1 N–H and O–H groups in total. The van der Waals surface area contributed by atoms with Gasteiger partial charge in [-0.05, 0) is 0 Å². The molecule has 0 unspecified atom stereocenters. The summed E-state index contributed by atoms with van der Waals surface area (Å²) in [5.74, 6) is 0. The van der Waals surface area contributed by atoms with E-state index in [9.17, 15) is 0 Å². The number of hydrogen-bond acceptors (Lipinski definition) is 2. The standard InChI is InChI=1S/2Ba.HNO3.4H/c;;2-1(3)4;;;;/h;;(H,2,3,4);;;;. The van der Waals surface area contributed by atoms with Crippen molar-refractivity contribution in [2.24, 2.45) is 0 Å². The second-order valence-electron chi connectivity index (χ2n) is 0.238. The average molecular weight is 342 g/mol. The topological polar surface area (TPSA) is 63.4 Å². The summed E-state index contributed by atoms with van der Waals surface area (Å²) >= 11 is 0. The summed E-state index contributed by atoms with van der Waals surface area (Å²) in [5, 5.41) is 13.6. The van der Waals surface area contributed by atoms with Crippen LogP contribution in [-0.4, -0.2) is 108 Å². The van der Waals surface area contributed by atoms with Crippen molar-refractivity contribution in [3.63, 3.8) is 0 Å². The molecule has 0 atom stereocenters. The third-order valence-electron chi connectivity index (χ3n) is 0. The van der Waals surface area contributed by atoms with Crippen molar-refractivity contribution >= 4 is 97.8 Å². The van der Waals surface area contributed by atoms with Crippen molar-refractivity contribution in [2.45, 2.75) is 0 Å². The molecular formula is H5Ba2NO3. The van der Waals surface area contributed by atoms with Crippen LogP contribution in [0.25, 0.3) is 0 Å². The van der Waals surface area contributed by atoms with Crippen molar-refractivity contribution in [3.8, 4) is 0 Å². The molecule has 0 saturated heterocycles. The monoisotopic (exact) mass is 343 g/mol. The molecule has 0 aliphatic heterocycles. The van der Waals surface area contributed by atoms with Gasteiger partial charge in [0.15, 0.2) is 0 Å². The fraction of sp³-hybridized carbons (Fsp3) is 0. The molecule has 0 bridgehead atoms. The number of nitrogens with zero attached hydrogens (tertiary/aromatic N) is 1. The molecule has 0 aliphatic carbocycles. The molecule has 0 aliphatic rings. The molecule has 0 fully saturated rings. The number of rotatable bonds is 0. The molecule has 6 heavy (non-hydrogen) atoms. The van der Waals surface area contributed by atoms with Crippen LogP contribution in [0.5, 0.6) is 0 Å². The third-order valence-corrected chi connectivity index (χ3v) is 0. The summed E-state index contributed by atoms with van der Waals surface area (Å²) in [6.07, 6.45) is 0. The summed E-state index contributed by atoms with van der Waals surface area (Å²) in [6.45, 7) is 0. The summed E-state index contributed by atoms with van der Waals surface area (Å²) in [7, 11) is 0. The van der Waals surface area contributed by atoms with Crippen molar-refractivity contribution in [1.82, 2.24) is 0 Å². The van der Waals surface area contributed by atoms with Gasteiger partial charge in [-0.1, -0.05) is 0 Å². The first-order valence-electron chi connectivity index (χ1n) is 0.565. The Hall–Kier alpha value is 2.34. The van der Waals surface area contributed by atoms with Gasteiger partial charge in [0.1, 0.15) is 0 Å². The molecule has 0 rings (SSSR count). The predicted octanol–water partition coefficient (Wildman–Crippen LogP) is -2.18. The van der Waals surface area contributed by atoms with Crippen molar-refractivity contribution < 1.29 is 10.3 Å². The number of hydrogen-bond donors (Lipinski definition) is 1. The van der Waals surface area contributed by atoms with E-state index >= 15 is 0 Å². The van der Waals surface area contributed by atoms with Gasteiger partial charge >= 0.3 is 97.8 Å². The van der Waals surface area contributed by atoms with Crippen LogP contribution in [0, 0.1) is 10.1 Å². The molecule has 0 aromatic rings. The average Bonchev–Trinajstić information content (AvgIpc) is 0.811. The van der Waals surface area contributed by atoms with E-state index in [2.05, 4.69) is 0 Å². The Kier molecular flexibility index (Phi) is 27.2. The summed E-state index contributed by atoms with van der Waals surface area (Å²) in [5.41, 5.74) is 0. The van der Waals surface area contributed by atoms with Gasteiger partial charge in [0.05, 0.1) is 0 Å². The fourth-order valence-corrected chi connectivity index (χ4v) is 0. The van der Waals surface area contributed by atoms with E-state index in [1.807, 2.05) is 0 Å². The molecular weight excluding hydrogens is 337 g/mol. The van der Waals surface area contributed by atoms with Gasteiger partial charge in [-0.3, -0.25) is 0 Å². The van der Waals surface area contributed by atoms with E-state index in [0.717, 1.165) is 0 Å². The van der Waals surface area contributed by atoms with Crippen LogP contribution >= 0.6 is 0 Å². The van der Waals surface area contributed by atoms with Crippen molar-refractivity contribution in [1.29, 1.82) is 0 Å². The second kappa shape index (κ2) is 10.3. The molecule has 0 aromatic heterocycles. The van der Waals surface area contributed by atoms with E-state index in [-0.39, 0.29) is 97.8 Å². The fourth-order valence-electron chi connectivity index (χ4n) is 0. The summed E-state index contributed by atoms with van der Waals surface area (Å²) < 4.78 is 0. The first kappa shape index (κ1) is 15.8. The Morgan fingerprint density at radius 2 is 1.50 bits per heavy atom. The van der Waals surface area contributed by atoms with E-state index in [0.29, 0.717) is 0 Å². The third kappa shape index (κ3) is 33.0. The summed E-state index contributed by atoms with van der Waals surface area (Å²) in [4.78, 5) is 8.36. The van der Waals surface area contributed by atoms with Crippen LogP contribution in [-0.2, 0) is 0 Å². The molecule has 32 valence electrons. The predicted molar refractivity (Wildman–Crippen MR) is 25.9 cm³/mol. The van der Waals surface area contributed by atoms with Crippen molar-refractivity contribution in [2.75, 3.05) is 0 Å². The summed E-state index contributed by atoms with van der Waals surface area (Å²) in [6, 6.07) is 0. The normalized spacial score (nSPS) is 4.00. The zero-order chi connectivity index (χ0) is 3.58. The van der Waals surface area contributed by atoms with Crippen LogP contribution in [0.4, 0.5) is 0 Å². The van der Waals surface area contributed by atoms with Crippen LogP contribution in [0.1, 0.15) is 0 Å².